The normalized spacial score (nSPS) is 14.1. The standard InChI is InChI=1S/C12H20N6O/c1-17(2)11(19)7-18(3)10-6-9(16-13)14-12(15-10)8-4-5-8/h6,8H,4-5,7,13H2,1-3H3,(H,14,15,16). The molecule has 0 bridgehead atoms. The van der Waals surface area contributed by atoms with Gasteiger partial charge in [0.25, 0.3) is 0 Å². The number of aromatic nitrogens is 2. The molecule has 19 heavy (non-hydrogen) atoms. The van der Waals surface area contributed by atoms with E-state index in [0.29, 0.717) is 17.6 Å². The lowest BCUT2D eigenvalue weighted by Crippen LogP contribution is -2.35. The molecule has 0 aliphatic heterocycles. The lowest BCUT2D eigenvalue weighted by atomic mass is 10.3. The summed E-state index contributed by atoms with van der Waals surface area (Å²) in [6.45, 7) is 0.276. The molecule has 0 saturated heterocycles. The van der Waals surface area contributed by atoms with Crippen LogP contribution in [0.1, 0.15) is 24.6 Å². The first-order valence-electron chi connectivity index (χ1n) is 6.28. The van der Waals surface area contributed by atoms with Crippen molar-refractivity contribution in [2.24, 2.45) is 5.84 Å². The second-order valence-electron chi connectivity index (χ2n) is 5.03. The van der Waals surface area contributed by atoms with E-state index in [0.717, 1.165) is 18.7 Å². The summed E-state index contributed by atoms with van der Waals surface area (Å²) in [7, 11) is 5.30. The highest BCUT2D eigenvalue weighted by Crippen LogP contribution is 2.39. The van der Waals surface area contributed by atoms with Gasteiger partial charge in [0, 0.05) is 33.1 Å². The van der Waals surface area contributed by atoms with Crippen LogP contribution in [-0.4, -0.2) is 48.5 Å². The van der Waals surface area contributed by atoms with E-state index in [4.69, 9.17) is 5.84 Å². The van der Waals surface area contributed by atoms with Crippen LogP contribution in [-0.2, 0) is 4.79 Å². The Balaban J connectivity index is 2.17. The third kappa shape index (κ3) is 3.31. The Morgan fingerprint density at radius 1 is 1.42 bits per heavy atom. The topological polar surface area (TPSA) is 87.4 Å². The fraction of sp³-hybridized carbons (Fsp3) is 0.583. The number of amides is 1. The molecule has 7 heteroatoms. The van der Waals surface area contributed by atoms with E-state index in [-0.39, 0.29) is 12.5 Å². The van der Waals surface area contributed by atoms with Gasteiger partial charge >= 0.3 is 0 Å². The first-order chi connectivity index (χ1) is 9.01. The Labute approximate surface area is 112 Å². The summed E-state index contributed by atoms with van der Waals surface area (Å²) in [5.74, 6) is 7.97. The molecule has 1 aliphatic carbocycles. The van der Waals surface area contributed by atoms with Gasteiger partial charge in [-0.2, -0.15) is 0 Å². The van der Waals surface area contributed by atoms with E-state index in [9.17, 15) is 4.79 Å². The van der Waals surface area contributed by atoms with E-state index < -0.39 is 0 Å². The van der Waals surface area contributed by atoms with E-state index in [1.165, 1.54) is 0 Å². The van der Waals surface area contributed by atoms with Crippen molar-refractivity contribution in [3.63, 3.8) is 0 Å². The van der Waals surface area contributed by atoms with Crippen molar-refractivity contribution in [2.45, 2.75) is 18.8 Å². The molecule has 0 atom stereocenters. The van der Waals surface area contributed by atoms with Gasteiger partial charge in [0.2, 0.25) is 5.91 Å². The van der Waals surface area contributed by atoms with Crippen LogP contribution in [0.4, 0.5) is 11.6 Å². The number of nitrogens with two attached hydrogens (primary N) is 1. The van der Waals surface area contributed by atoms with Crippen LogP contribution >= 0.6 is 0 Å². The minimum Gasteiger partial charge on any atom is -0.350 e. The van der Waals surface area contributed by atoms with Gasteiger partial charge in [-0.25, -0.2) is 15.8 Å². The molecule has 7 nitrogen and oxygen atoms in total. The molecule has 0 aromatic carbocycles. The Kier molecular flexibility index (Phi) is 3.84. The SMILES string of the molecule is CN(C)C(=O)CN(C)c1cc(NN)nc(C2CC2)n1. The lowest BCUT2D eigenvalue weighted by molar-refractivity contribution is -0.127. The van der Waals surface area contributed by atoms with Gasteiger partial charge < -0.3 is 15.2 Å². The maximum atomic E-state index is 11.7. The molecule has 3 N–H and O–H groups in total. The molecule has 0 spiro atoms. The Hall–Kier alpha value is -1.89. The summed E-state index contributed by atoms with van der Waals surface area (Å²) in [5.41, 5.74) is 2.55. The third-order valence-corrected chi connectivity index (χ3v) is 3.08. The molecule has 1 aromatic heterocycles. The number of nitrogen functional groups attached to an aromatic ring is 1. The molecule has 1 fully saturated rings. The maximum Gasteiger partial charge on any atom is 0.241 e. The molecule has 1 saturated carbocycles. The van der Waals surface area contributed by atoms with Gasteiger partial charge in [-0.1, -0.05) is 0 Å². The zero-order valence-corrected chi connectivity index (χ0v) is 11.6. The van der Waals surface area contributed by atoms with Crippen molar-refractivity contribution in [2.75, 3.05) is 38.0 Å². The zero-order valence-electron chi connectivity index (χ0n) is 11.6. The number of carbonyl (C=O) groups is 1. The summed E-state index contributed by atoms with van der Waals surface area (Å²) >= 11 is 0. The van der Waals surface area contributed by atoms with Crippen molar-refractivity contribution < 1.29 is 4.79 Å². The average molecular weight is 264 g/mol. The second-order valence-corrected chi connectivity index (χ2v) is 5.03. The first kappa shape index (κ1) is 13.5. The van der Waals surface area contributed by atoms with Gasteiger partial charge in [-0.15, -0.1) is 0 Å². The minimum atomic E-state index is 0.0244. The molecule has 1 heterocycles. The van der Waals surface area contributed by atoms with Crippen molar-refractivity contribution in [3.05, 3.63) is 11.9 Å². The average Bonchev–Trinajstić information content (AvgIpc) is 3.22. The molecule has 0 radical (unpaired) electrons. The van der Waals surface area contributed by atoms with E-state index >= 15 is 0 Å². The molecule has 104 valence electrons. The van der Waals surface area contributed by atoms with Crippen molar-refractivity contribution in [1.82, 2.24) is 14.9 Å². The number of carbonyl (C=O) groups excluding carboxylic acids is 1. The predicted molar refractivity (Wildman–Crippen MR) is 73.8 cm³/mol. The predicted octanol–water partition coefficient (Wildman–Crippen LogP) is 0.164. The number of hydrogen-bond donors (Lipinski definition) is 2. The highest BCUT2D eigenvalue weighted by molar-refractivity contribution is 5.80. The lowest BCUT2D eigenvalue weighted by Gasteiger charge is -2.21. The number of nitrogens with one attached hydrogen (secondary N) is 1. The van der Waals surface area contributed by atoms with Crippen LogP contribution < -0.4 is 16.2 Å². The largest absolute Gasteiger partial charge is 0.350 e. The van der Waals surface area contributed by atoms with Crippen LogP contribution in [0.2, 0.25) is 0 Å². The summed E-state index contributed by atoms with van der Waals surface area (Å²) in [5, 5.41) is 0. The minimum absolute atomic E-state index is 0.0244. The van der Waals surface area contributed by atoms with Crippen LogP contribution in [0.5, 0.6) is 0 Å². The Bertz CT molecular complexity index is 471. The highest BCUT2D eigenvalue weighted by Gasteiger charge is 2.27. The Morgan fingerprint density at radius 2 is 2.11 bits per heavy atom. The van der Waals surface area contributed by atoms with Crippen LogP contribution in [0.25, 0.3) is 0 Å². The second kappa shape index (κ2) is 5.40. The summed E-state index contributed by atoms with van der Waals surface area (Å²) in [4.78, 5) is 23.9. The summed E-state index contributed by atoms with van der Waals surface area (Å²) < 4.78 is 0. The molecule has 1 amide bonds. The summed E-state index contributed by atoms with van der Waals surface area (Å²) in [6.07, 6.45) is 2.24. The number of hydrogen-bond acceptors (Lipinski definition) is 6. The Morgan fingerprint density at radius 3 is 2.63 bits per heavy atom. The fourth-order valence-corrected chi connectivity index (χ4v) is 1.67. The zero-order chi connectivity index (χ0) is 14.0. The quantitative estimate of drug-likeness (QED) is 0.582. The molecule has 0 unspecified atom stereocenters. The molecule has 1 aliphatic rings. The number of rotatable bonds is 5. The van der Waals surface area contributed by atoms with Gasteiger partial charge in [0.1, 0.15) is 17.5 Å². The van der Waals surface area contributed by atoms with Crippen LogP contribution in [0.3, 0.4) is 0 Å². The van der Waals surface area contributed by atoms with E-state index in [1.807, 2.05) is 7.05 Å². The van der Waals surface area contributed by atoms with Crippen molar-refractivity contribution in [3.8, 4) is 0 Å². The van der Waals surface area contributed by atoms with E-state index in [2.05, 4.69) is 15.4 Å². The maximum absolute atomic E-state index is 11.7. The monoisotopic (exact) mass is 264 g/mol. The fourth-order valence-electron chi connectivity index (χ4n) is 1.67. The van der Waals surface area contributed by atoms with Gasteiger partial charge in [0.05, 0.1) is 6.54 Å². The number of likely N-dealkylation sites (N-methyl/N-ethyl adjacent to an activating group) is 2. The third-order valence-electron chi connectivity index (χ3n) is 3.08. The number of nitrogens with zero attached hydrogens (tertiary/aromatic N) is 4. The molecule has 1 aromatic rings. The molecular formula is C12H20N6O. The number of hydrazine groups is 1. The van der Waals surface area contributed by atoms with Crippen molar-refractivity contribution in [1.29, 1.82) is 0 Å². The molecule has 2 rings (SSSR count). The van der Waals surface area contributed by atoms with Gasteiger partial charge in [-0.3, -0.25) is 4.79 Å². The summed E-state index contributed by atoms with van der Waals surface area (Å²) in [6, 6.07) is 1.74. The first-order valence-corrected chi connectivity index (χ1v) is 6.28. The van der Waals surface area contributed by atoms with Gasteiger partial charge in [0.15, 0.2) is 0 Å². The van der Waals surface area contributed by atoms with Crippen molar-refractivity contribution >= 4 is 17.5 Å². The number of anilines is 2. The van der Waals surface area contributed by atoms with Crippen LogP contribution in [0.15, 0.2) is 6.07 Å². The smallest absolute Gasteiger partial charge is 0.241 e. The van der Waals surface area contributed by atoms with Gasteiger partial charge in [-0.05, 0) is 12.8 Å². The van der Waals surface area contributed by atoms with Crippen LogP contribution in [0, 0.1) is 0 Å². The van der Waals surface area contributed by atoms with E-state index in [1.54, 1.807) is 30.0 Å². The highest BCUT2D eigenvalue weighted by atomic mass is 16.2. The molecular weight excluding hydrogens is 244 g/mol.